The number of anilines is 1. The van der Waals surface area contributed by atoms with Gasteiger partial charge >= 0.3 is 0 Å². The average Bonchev–Trinajstić information content (AvgIpc) is 3.14. The van der Waals surface area contributed by atoms with Gasteiger partial charge in [0.1, 0.15) is 0 Å². The highest BCUT2D eigenvalue weighted by Crippen LogP contribution is 2.24. The molecule has 1 aromatic carbocycles. The van der Waals surface area contributed by atoms with Crippen molar-refractivity contribution in [3.05, 3.63) is 65.7 Å². The molecule has 0 atom stereocenters. The lowest BCUT2D eigenvalue weighted by atomic mass is 10.0. The Kier molecular flexibility index (Phi) is 5.31. The number of imidazole rings is 1. The third kappa shape index (κ3) is 3.73. The monoisotopic (exact) mass is 392 g/mol. The molecule has 0 aliphatic carbocycles. The van der Waals surface area contributed by atoms with Gasteiger partial charge in [0.25, 0.3) is 11.8 Å². The first kappa shape index (κ1) is 19.1. The molecule has 2 aromatic heterocycles. The molecule has 3 aromatic rings. The van der Waals surface area contributed by atoms with Crippen LogP contribution >= 0.6 is 0 Å². The van der Waals surface area contributed by atoms with Crippen molar-refractivity contribution < 1.29 is 14.3 Å². The lowest BCUT2D eigenvalue weighted by Gasteiger charge is -2.26. The molecule has 1 aliphatic heterocycles. The topological polar surface area (TPSA) is 75.9 Å². The highest BCUT2D eigenvalue weighted by atomic mass is 16.5. The van der Waals surface area contributed by atoms with Crippen LogP contribution in [0.4, 0.5) is 5.69 Å². The second-order valence-corrected chi connectivity index (χ2v) is 7.34. The fourth-order valence-corrected chi connectivity index (χ4v) is 3.56. The number of fused-ring (bicyclic) bond motifs is 1. The van der Waals surface area contributed by atoms with E-state index in [1.165, 1.54) is 0 Å². The predicted molar refractivity (Wildman–Crippen MR) is 110 cm³/mol. The Morgan fingerprint density at radius 1 is 1.07 bits per heavy atom. The molecule has 0 radical (unpaired) electrons. The Morgan fingerprint density at radius 2 is 1.79 bits per heavy atom. The fraction of sp³-hybridized carbons (Fsp3) is 0.318. The number of nitrogens with zero attached hydrogens (tertiary/aromatic N) is 3. The zero-order valence-electron chi connectivity index (χ0n) is 16.6. The van der Waals surface area contributed by atoms with E-state index in [1.54, 1.807) is 21.6 Å². The first-order valence-corrected chi connectivity index (χ1v) is 9.80. The quantitative estimate of drug-likeness (QED) is 0.740. The molecule has 3 heterocycles. The molecule has 0 saturated carbocycles. The molecule has 150 valence electrons. The Morgan fingerprint density at radius 3 is 2.55 bits per heavy atom. The summed E-state index contributed by atoms with van der Waals surface area (Å²) in [4.78, 5) is 32.3. The van der Waals surface area contributed by atoms with Gasteiger partial charge in [0.05, 0.1) is 18.7 Å². The van der Waals surface area contributed by atoms with Crippen molar-refractivity contribution >= 4 is 23.0 Å². The Bertz CT molecular complexity index is 1050. The predicted octanol–water partition coefficient (Wildman–Crippen LogP) is 3.18. The molecule has 0 bridgehead atoms. The zero-order chi connectivity index (χ0) is 20.4. The van der Waals surface area contributed by atoms with Gasteiger partial charge in [-0.15, -0.1) is 0 Å². The molecule has 1 saturated heterocycles. The highest BCUT2D eigenvalue weighted by Gasteiger charge is 2.26. The molecule has 1 aliphatic rings. The number of hydrogen-bond donors (Lipinski definition) is 1. The molecule has 0 unspecified atom stereocenters. The van der Waals surface area contributed by atoms with Crippen LogP contribution in [0.3, 0.4) is 0 Å². The zero-order valence-corrected chi connectivity index (χ0v) is 16.6. The van der Waals surface area contributed by atoms with Crippen molar-refractivity contribution in [2.45, 2.75) is 19.8 Å². The molecule has 4 rings (SSSR count). The summed E-state index contributed by atoms with van der Waals surface area (Å²) in [7, 11) is 0. The average molecular weight is 392 g/mol. The standard InChI is InChI=1S/C22H24N4O3/c1-15(2)16-7-3-4-8-17(16)23-21(27)20-24-19(18-9-5-6-10-26(18)20)22(28)25-11-13-29-14-12-25/h3-10,15H,11-14H2,1-2H3,(H,23,27). The number of carbonyl (C=O) groups excluding carboxylic acids is 2. The third-order valence-electron chi connectivity index (χ3n) is 5.08. The summed E-state index contributed by atoms with van der Waals surface area (Å²) in [6.45, 7) is 6.22. The maximum absolute atomic E-state index is 13.1. The fourth-order valence-electron chi connectivity index (χ4n) is 3.56. The van der Waals surface area contributed by atoms with Gasteiger partial charge in [-0.25, -0.2) is 4.98 Å². The Labute approximate surface area is 169 Å². The normalized spacial score (nSPS) is 14.4. The van der Waals surface area contributed by atoms with Gasteiger partial charge in [0, 0.05) is 25.0 Å². The molecule has 7 nitrogen and oxygen atoms in total. The van der Waals surface area contributed by atoms with Gasteiger partial charge in [-0.1, -0.05) is 38.1 Å². The smallest absolute Gasteiger partial charge is 0.292 e. The summed E-state index contributed by atoms with van der Waals surface area (Å²) in [5, 5.41) is 2.96. The van der Waals surface area contributed by atoms with Crippen molar-refractivity contribution in [3.63, 3.8) is 0 Å². The summed E-state index contributed by atoms with van der Waals surface area (Å²) in [5.41, 5.74) is 2.70. The van der Waals surface area contributed by atoms with E-state index >= 15 is 0 Å². The molecule has 7 heteroatoms. The third-order valence-corrected chi connectivity index (χ3v) is 5.08. The number of benzene rings is 1. The van der Waals surface area contributed by atoms with Crippen LogP contribution < -0.4 is 5.32 Å². The minimum atomic E-state index is -0.347. The minimum absolute atomic E-state index is 0.182. The first-order chi connectivity index (χ1) is 14.1. The molecule has 1 fully saturated rings. The summed E-state index contributed by atoms with van der Waals surface area (Å²) in [6, 6.07) is 13.2. The van der Waals surface area contributed by atoms with Crippen molar-refractivity contribution in [3.8, 4) is 0 Å². The molecular weight excluding hydrogens is 368 g/mol. The van der Waals surface area contributed by atoms with Crippen LogP contribution in [0.1, 0.15) is 46.4 Å². The van der Waals surface area contributed by atoms with Gasteiger partial charge in [-0.3, -0.25) is 14.0 Å². The van der Waals surface area contributed by atoms with Crippen LogP contribution in [0.25, 0.3) is 5.52 Å². The maximum atomic E-state index is 13.1. The van der Waals surface area contributed by atoms with Crippen LogP contribution in [-0.2, 0) is 4.74 Å². The van der Waals surface area contributed by atoms with Crippen molar-refractivity contribution in [1.82, 2.24) is 14.3 Å². The second kappa shape index (κ2) is 8.05. The molecule has 1 N–H and O–H groups in total. The van der Waals surface area contributed by atoms with Gasteiger partial charge in [-0.2, -0.15) is 0 Å². The van der Waals surface area contributed by atoms with Crippen LogP contribution in [0.2, 0.25) is 0 Å². The lowest BCUT2D eigenvalue weighted by Crippen LogP contribution is -2.40. The Balaban J connectivity index is 1.69. The summed E-state index contributed by atoms with van der Waals surface area (Å²) >= 11 is 0. The van der Waals surface area contributed by atoms with Crippen LogP contribution in [0.15, 0.2) is 48.7 Å². The van der Waals surface area contributed by atoms with E-state index < -0.39 is 0 Å². The number of para-hydroxylation sites is 1. The van der Waals surface area contributed by atoms with Crippen molar-refractivity contribution in [2.75, 3.05) is 31.6 Å². The first-order valence-electron chi connectivity index (χ1n) is 9.80. The van der Waals surface area contributed by atoms with Crippen LogP contribution in [0, 0.1) is 0 Å². The number of nitrogens with one attached hydrogen (secondary N) is 1. The van der Waals surface area contributed by atoms with E-state index in [-0.39, 0.29) is 29.3 Å². The number of aromatic nitrogens is 2. The minimum Gasteiger partial charge on any atom is -0.378 e. The number of carbonyl (C=O) groups is 2. The lowest BCUT2D eigenvalue weighted by molar-refractivity contribution is 0.0300. The summed E-state index contributed by atoms with van der Waals surface area (Å²) in [6.07, 6.45) is 1.75. The number of pyridine rings is 1. The SMILES string of the molecule is CC(C)c1ccccc1NC(=O)c1nc(C(=O)N2CCOCC2)c2ccccn12. The van der Waals surface area contributed by atoms with E-state index in [9.17, 15) is 9.59 Å². The van der Waals surface area contributed by atoms with Crippen LogP contribution in [-0.4, -0.2) is 52.4 Å². The molecule has 0 spiro atoms. The molecular formula is C22H24N4O3. The van der Waals surface area contributed by atoms with Crippen LogP contribution in [0.5, 0.6) is 0 Å². The van der Waals surface area contributed by atoms with E-state index in [0.717, 1.165) is 11.3 Å². The highest BCUT2D eigenvalue weighted by molar-refractivity contribution is 6.06. The summed E-state index contributed by atoms with van der Waals surface area (Å²) < 4.78 is 7.00. The van der Waals surface area contributed by atoms with E-state index in [4.69, 9.17) is 4.74 Å². The van der Waals surface area contributed by atoms with E-state index in [1.807, 2.05) is 36.4 Å². The van der Waals surface area contributed by atoms with Gasteiger partial charge in [0.15, 0.2) is 5.69 Å². The number of ether oxygens (including phenoxy) is 1. The van der Waals surface area contributed by atoms with Gasteiger partial charge < -0.3 is 15.0 Å². The number of hydrogen-bond acceptors (Lipinski definition) is 4. The van der Waals surface area contributed by atoms with E-state index in [0.29, 0.717) is 31.8 Å². The Hall–Kier alpha value is -3.19. The maximum Gasteiger partial charge on any atom is 0.292 e. The summed E-state index contributed by atoms with van der Waals surface area (Å²) in [5.74, 6) is -0.0725. The molecule has 29 heavy (non-hydrogen) atoms. The van der Waals surface area contributed by atoms with Gasteiger partial charge in [0.2, 0.25) is 5.82 Å². The van der Waals surface area contributed by atoms with Crippen molar-refractivity contribution in [1.29, 1.82) is 0 Å². The number of amides is 2. The number of morpholine rings is 1. The van der Waals surface area contributed by atoms with Crippen molar-refractivity contribution in [2.24, 2.45) is 0 Å². The van der Waals surface area contributed by atoms with Gasteiger partial charge in [-0.05, 0) is 29.7 Å². The number of rotatable bonds is 4. The largest absolute Gasteiger partial charge is 0.378 e. The second-order valence-electron chi connectivity index (χ2n) is 7.34. The molecule has 2 amide bonds. The van der Waals surface area contributed by atoms with E-state index in [2.05, 4.69) is 24.1 Å².